The van der Waals surface area contributed by atoms with Crippen LogP contribution in [-0.4, -0.2) is 33.7 Å². The molecular weight excluding hydrogens is 434 g/mol. The van der Waals surface area contributed by atoms with Crippen LogP contribution in [0, 0.1) is 0 Å². The molecule has 1 aromatic heterocycles. The van der Waals surface area contributed by atoms with Gasteiger partial charge in [-0.1, -0.05) is 49.9 Å². The highest BCUT2D eigenvalue weighted by Crippen LogP contribution is 2.24. The van der Waals surface area contributed by atoms with Crippen LogP contribution in [-0.2, 0) is 24.1 Å². The molecule has 33 heavy (non-hydrogen) atoms. The second kappa shape index (κ2) is 14.3. The summed E-state index contributed by atoms with van der Waals surface area (Å²) in [5, 5.41) is 1.70. The minimum absolute atomic E-state index is 0.211. The van der Waals surface area contributed by atoms with Crippen molar-refractivity contribution in [1.29, 1.82) is 0 Å². The van der Waals surface area contributed by atoms with Crippen molar-refractivity contribution in [2.45, 2.75) is 58.6 Å². The second-order valence-electron chi connectivity index (χ2n) is 7.49. The number of hydrogen-bond donors (Lipinski definition) is 1. The van der Waals surface area contributed by atoms with Crippen LogP contribution in [0.4, 0.5) is 4.79 Å². The van der Waals surface area contributed by atoms with Gasteiger partial charge in [0.2, 0.25) is 5.91 Å². The lowest BCUT2D eigenvalue weighted by molar-refractivity contribution is -0.118. The molecule has 7 heteroatoms. The third-order valence-corrected chi connectivity index (χ3v) is 6.02. The summed E-state index contributed by atoms with van der Waals surface area (Å²) in [5.74, 6) is 0.578. The van der Waals surface area contributed by atoms with Gasteiger partial charge in [0.15, 0.2) is 0 Å². The van der Waals surface area contributed by atoms with E-state index in [9.17, 15) is 9.59 Å². The zero-order valence-corrected chi connectivity index (χ0v) is 20.7. The molecule has 1 fully saturated rings. The van der Waals surface area contributed by atoms with E-state index >= 15 is 0 Å². The number of aliphatic imine (C=N–C) groups is 1. The Kier molecular flexibility index (Phi) is 11.4. The van der Waals surface area contributed by atoms with Crippen LogP contribution in [0.5, 0.6) is 5.75 Å². The number of carbonyl (C=O) groups excluding carboxylic acids is 2. The van der Waals surface area contributed by atoms with Crippen molar-refractivity contribution in [3.05, 3.63) is 71.7 Å². The zero-order valence-electron chi connectivity index (χ0n) is 19.8. The van der Waals surface area contributed by atoms with Crippen molar-refractivity contribution in [2.24, 2.45) is 4.99 Å². The van der Waals surface area contributed by atoms with Gasteiger partial charge in [-0.05, 0) is 62.4 Å². The van der Waals surface area contributed by atoms with Crippen LogP contribution < -0.4 is 10.1 Å². The maximum absolute atomic E-state index is 11.6. The molecule has 1 saturated heterocycles. The number of aromatic nitrogens is 1. The fourth-order valence-electron chi connectivity index (χ4n) is 3.04. The number of thioether (sulfide) groups is 1. The Morgan fingerprint density at radius 3 is 2.58 bits per heavy atom. The number of allylic oxidation sites excluding steroid dienone is 1. The van der Waals surface area contributed by atoms with Crippen LogP contribution in [0.2, 0.25) is 0 Å². The summed E-state index contributed by atoms with van der Waals surface area (Å²) in [6, 6.07) is 11.7. The maximum Gasteiger partial charge on any atom is 0.286 e. The summed E-state index contributed by atoms with van der Waals surface area (Å²) in [6.07, 6.45) is 8.88. The Morgan fingerprint density at radius 2 is 1.97 bits per heavy atom. The number of hydrogen-bond acceptors (Lipinski definition) is 6. The van der Waals surface area contributed by atoms with Crippen molar-refractivity contribution < 1.29 is 14.3 Å². The standard InChI is InChI=1S/C19H20N2O3S.C7H13N/c1-2-14-4-3-10-20-16(14)9-11-24-15-7-5-13(6-8-15)12-17-18(22)21-19(23)25-17;1-4-6-8-7(3)5-2/h3-8,10,17H,2,9,11-12H2,1H3,(H,21,22,23);4,6H,5H2,1-3H3/b;6-4-,8-7?. The van der Waals surface area contributed by atoms with Crippen LogP contribution >= 0.6 is 11.8 Å². The number of imide groups is 1. The zero-order chi connectivity index (χ0) is 24.1. The van der Waals surface area contributed by atoms with Crippen molar-refractivity contribution in [1.82, 2.24) is 10.3 Å². The summed E-state index contributed by atoms with van der Waals surface area (Å²) in [5.41, 5.74) is 4.52. The van der Waals surface area contributed by atoms with Gasteiger partial charge in [-0.3, -0.25) is 24.9 Å². The summed E-state index contributed by atoms with van der Waals surface area (Å²) in [7, 11) is 0. The van der Waals surface area contributed by atoms with E-state index in [1.165, 1.54) is 11.3 Å². The molecule has 0 radical (unpaired) electrons. The van der Waals surface area contributed by atoms with Gasteiger partial charge in [0.05, 0.1) is 11.9 Å². The summed E-state index contributed by atoms with van der Waals surface area (Å²) in [4.78, 5) is 31.3. The molecule has 3 rings (SSSR count). The molecule has 1 aliphatic rings. The number of pyridine rings is 1. The fourth-order valence-corrected chi connectivity index (χ4v) is 3.90. The molecular formula is C26H33N3O3S. The lowest BCUT2D eigenvalue weighted by Gasteiger charge is -2.10. The number of carbonyl (C=O) groups is 2. The predicted molar refractivity (Wildman–Crippen MR) is 136 cm³/mol. The fraction of sp³-hybridized carbons (Fsp3) is 0.385. The number of nitrogens with zero attached hydrogens (tertiary/aromatic N) is 2. The van der Waals surface area contributed by atoms with E-state index in [4.69, 9.17) is 4.74 Å². The Hall–Kier alpha value is -2.93. The first kappa shape index (κ1) is 26.3. The number of amides is 2. The van der Waals surface area contributed by atoms with E-state index < -0.39 is 0 Å². The van der Waals surface area contributed by atoms with Crippen LogP contribution in [0.15, 0.2) is 59.9 Å². The quantitative estimate of drug-likeness (QED) is 0.489. The number of ether oxygens (including phenoxy) is 1. The Morgan fingerprint density at radius 1 is 1.21 bits per heavy atom. The lowest BCUT2D eigenvalue weighted by Crippen LogP contribution is -2.25. The van der Waals surface area contributed by atoms with E-state index in [0.29, 0.717) is 13.0 Å². The molecule has 2 amide bonds. The highest BCUT2D eigenvalue weighted by Gasteiger charge is 2.31. The molecule has 1 N–H and O–H groups in total. The van der Waals surface area contributed by atoms with Crippen LogP contribution in [0.1, 0.15) is 50.9 Å². The molecule has 2 heterocycles. The summed E-state index contributed by atoms with van der Waals surface area (Å²) < 4.78 is 5.79. The van der Waals surface area contributed by atoms with Gasteiger partial charge < -0.3 is 4.74 Å². The van der Waals surface area contributed by atoms with Crippen molar-refractivity contribution in [3.63, 3.8) is 0 Å². The average Bonchev–Trinajstić information content (AvgIpc) is 3.15. The highest BCUT2D eigenvalue weighted by atomic mass is 32.2. The smallest absolute Gasteiger partial charge is 0.286 e. The number of rotatable bonds is 9. The van der Waals surface area contributed by atoms with E-state index in [1.54, 1.807) is 0 Å². The third kappa shape index (κ3) is 9.22. The monoisotopic (exact) mass is 467 g/mol. The van der Waals surface area contributed by atoms with Crippen molar-refractivity contribution in [3.8, 4) is 5.75 Å². The lowest BCUT2D eigenvalue weighted by atomic mass is 10.1. The molecule has 0 bridgehead atoms. The molecule has 6 nitrogen and oxygen atoms in total. The molecule has 1 aromatic carbocycles. The van der Waals surface area contributed by atoms with Crippen molar-refractivity contribution >= 4 is 28.6 Å². The van der Waals surface area contributed by atoms with Gasteiger partial charge in [-0.15, -0.1) is 0 Å². The van der Waals surface area contributed by atoms with Crippen molar-refractivity contribution in [2.75, 3.05) is 6.61 Å². The summed E-state index contributed by atoms with van der Waals surface area (Å²) in [6.45, 7) is 8.78. The molecule has 0 saturated carbocycles. The molecule has 0 aliphatic carbocycles. The maximum atomic E-state index is 11.6. The number of aryl methyl sites for hydroxylation is 1. The Bertz CT molecular complexity index is 971. The third-order valence-electron chi connectivity index (χ3n) is 5.04. The molecule has 0 spiro atoms. The molecule has 2 aromatic rings. The van der Waals surface area contributed by atoms with E-state index in [0.717, 1.165) is 48.0 Å². The van der Waals surface area contributed by atoms with Gasteiger partial charge in [0.1, 0.15) is 5.75 Å². The van der Waals surface area contributed by atoms with Crippen LogP contribution in [0.3, 0.4) is 0 Å². The second-order valence-corrected chi connectivity index (χ2v) is 8.67. The first-order chi connectivity index (χ1) is 16.0. The normalized spacial score (nSPS) is 15.9. The topological polar surface area (TPSA) is 80.7 Å². The first-order valence-corrected chi connectivity index (χ1v) is 12.1. The number of benzene rings is 1. The SMILES string of the molecule is C/C=C\N=C(C)CC.CCc1cccnc1CCOc1ccc(CC2SC(=O)NC2=O)cc1. The summed E-state index contributed by atoms with van der Waals surface area (Å²) >= 11 is 1.05. The number of nitrogens with one attached hydrogen (secondary N) is 1. The van der Waals surface area contributed by atoms with Crippen LogP contribution in [0.25, 0.3) is 0 Å². The molecule has 176 valence electrons. The van der Waals surface area contributed by atoms with Gasteiger partial charge >= 0.3 is 0 Å². The van der Waals surface area contributed by atoms with E-state index in [2.05, 4.69) is 35.2 Å². The Balaban J connectivity index is 0.000000414. The van der Waals surface area contributed by atoms with E-state index in [-0.39, 0.29) is 16.4 Å². The van der Waals surface area contributed by atoms with Gasteiger partial charge in [0, 0.05) is 30.2 Å². The average molecular weight is 468 g/mol. The van der Waals surface area contributed by atoms with Gasteiger partial charge in [-0.2, -0.15) is 0 Å². The Labute approximate surface area is 200 Å². The minimum atomic E-state index is -0.337. The van der Waals surface area contributed by atoms with E-state index in [1.807, 2.05) is 62.7 Å². The van der Waals surface area contributed by atoms with Gasteiger partial charge in [0.25, 0.3) is 5.24 Å². The van der Waals surface area contributed by atoms with Gasteiger partial charge in [-0.25, -0.2) is 0 Å². The molecule has 1 atom stereocenters. The minimum Gasteiger partial charge on any atom is -0.493 e. The predicted octanol–water partition coefficient (Wildman–Crippen LogP) is 5.55. The highest BCUT2D eigenvalue weighted by molar-refractivity contribution is 8.15. The molecule has 1 aliphatic heterocycles. The molecule has 1 unspecified atom stereocenters. The largest absolute Gasteiger partial charge is 0.493 e. The first-order valence-electron chi connectivity index (χ1n) is 11.3.